The van der Waals surface area contributed by atoms with Gasteiger partial charge in [-0.1, -0.05) is 18.2 Å². The van der Waals surface area contributed by atoms with Crippen LogP contribution in [-0.2, 0) is 22.7 Å². The molecule has 2 aliphatic rings. The van der Waals surface area contributed by atoms with Gasteiger partial charge >= 0.3 is 0 Å². The molecule has 1 aromatic carbocycles. The van der Waals surface area contributed by atoms with E-state index in [4.69, 9.17) is 9.97 Å². The summed E-state index contributed by atoms with van der Waals surface area (Å²) in [5.41, 5.74) is 3.75. The van der Waals surface area contributed by atoms with E-state index < -0.39 is 6.04 Å². The van der Waals surface area contributed by atoms with Crippen LogP contribution >= 0.6 is 0 Å². The number of nitrogens with one attached hydrogen (secondary N) is 1. The smallest absolute Gasteiger partial charge is 0.227 e. The number of piperazine rings is 1. The van der Waals surface area contributed by atoms with E-state index in [2.05, 4.69) is 53.0 Å². The largest absolute Gasteiger partial charge is 0.365 e. The number of anilines is 2. The van der Waals surface area contributed by atoms with Crippen LogP contribution in [0.2, 0.25) is 0 Å². The molecule has 2 aliphatic heterocycles. The van der Waals surface area contributed by atoms with Gasteiger partial charge in [-0.25, -0.2) is 4.98 Å². The first-order valence-corrected chi connectivity index (χ1v) is 12.6. The number of rotatable bonds is 6. The van der Waals surface area contributed by atoms with Crippen molar-refractivity contribution < 1.29 is 9.59 Å². The van der Waals surface area contributed by atoms with Gasteiger partial charge in [-0.15, -0.1) is 0 Å². The molecule has 3 aromatic rings. The van der Waals surface area contributed by atoms with Gasteiger partial charge in [-0.3, -0.25) is 14.7 Å². The van der Waals surface area contributed by atoms with Crippen molar-refractivity contribution in [2.45, 2.75) is 58.9 Å². The van der Waals surface area contributed by atoms with Gasteiger partial charge in [-0.2, -0.15) is 4.98 Å². The summed E-state index contributed by atoms with van der Waals surface area (Å²) in [7, 11) is 0. The van der Waals surface area contributed by atoms with Gasteiger partial charge in [0.2, 0.25) is 11.9 Å². The molecule has 9 nitrogen and oxygen atoms in total. The molecule has 0 bridgehead atoms. The number of aromatic nitrogens is 3. The lowest BCUT2D eigenvalue weighted by Crippen LogP contribution is -2.53. The van der Waals surface area contributed by atoms with Gasteiger partial charge in [0, 0.05) is 68.9 Å². The van der Waals surface area contributed by atoms with Gasteiger partial charge in [0.15, 0.2) is 0 Å². The molecule has 1 amide bonds. The number of carbonyl (C=O) groups excluding carboxylic acids is 2. The summed E-state index contributed by atoms with van der Waals surface area (Å²) < 4.78 is 0. The molecule has 0 saturated carbocycles. The number of pyridine rings is 1. The van der Waals surface area contributed by atoms with Crippen molar-refractivity contribution in [3.8, 4) is 0 Å². The average molecular weight is 488 g/mol. The van der Waals surface area contributed by atoms with Crippen molar-refractivity contribution in [1.29, 1.82) is 0 Å². The van der Waals surface area contributed by atoms with Crippen LogP contribution in [0.25, 0.3) is 10.9 Å². The van der Waals surface area contributed by atoms with Crippen molar-refractivity contribution in [3.63, 3.8) is 0 Å². The quantitative estimate of drug-likeness (QED) is 0.530. The van der Waals surface area contributed by atoms with Crippen molar-refractivity contribution in [2.24, 2.45) is 0 Å². The highest BCUT2D eigenvalue weighted by Gasteiger charge is 2.37. The van der Waals surface area contributed by atoms with Crippen LogP contribution in [-0.4, -0.2) is 68.7 Å². The second-order valence-corrected chi connectivity index (χ2v) is 9.98. The van der Waals surface area contributed by atoms with E-state index >= 15 is 0 Å². The zero-order chi connectivity index (χ0) is 25.4. The molecule has 1 N–H and O–H groups in total. The van der Waals surface area contributed by atoms with Crippen molar-refractivity contribution >= 4 is 34.9 Å². The van der Waals surface area contributed by atoms with E-state index in [1.54, 1.807) is 6.92 Å². The maximum atomic E-state index is 12.2. The minimum Gasteiger partial charge on any atom is -0.365 e. The Morgan fingerprint density at radius 2 is 2.03 bits per heavy atom. The Kier molecular flexibility index (Phi) is 6.57. The Morgan fingerprint density at radius 3 is 2.75 bits per heavy atom. The summed E-state index contributed by atoms with van der Waals surface area (Å²) >= 11 is 0. The predicted octanol–water partition coefficient (Wildman–Crippen LogP) is 3.16. The van der Waals surface area contributed by atoms with Crippen LogP contribution in [0.5, 0.6) is 0 Å². The highest BCUT2D eigenvalue weighted by molar-refractivity contribution is 5.78. The van der Waals surface area contributed by atoms with Crippen LogP contribution in [0.4, 0.5) is 11.8 Å². The van der Waals surface area contributed by atoms with Crippen molar-refractivity contribution in [3.05, 3.63) is 53.3 Å². The first-order valence-electron chi connectivity index (χ1n) is 12.6. The Morgan fingerprint density at radius 1 is 1.22 bits per heavy atom. The highest BCUT2D eigenvalue weighted by Crippen LogP contribution is 2.38. The van der Waals surface area contributed by atoms with E-state index in [9.17, 15) is 9.59 Å². The Balaban J connectivity index is 1.48. The van der Waals surface area contributed by atoms with Crippen molar-refractivity contribution in [1.82, 2.24) is 24.8 Å². The SMILES string of the molecule is CC(=O)N1CCN(c2nc(NCc3cnc4ccccc4c3)c3c(n2)C(C=O)N(C(C)C)C3)C(C)C1. The molecule has 9 heteroatoms. The third kappa shape index (κ3) is 4.51. The highest BCUT2D eigenvalue weighted by atomic mass is 16.2. The maximum absolute atomic E-state index is 12.2. The molecule has 2 atom stereocenters. The second kappa shape index (κ2) is 9.81. The standard InChI is InChI=1S/C27H33N7O2/c1-17(2)34-15-22-25(24(34)16-35)30-27(33-10-9-32(19(4)36)14-18(33)3)31-26(22)29-13-20-11-21-7-5-6-8-23(21)28-12-20/h5-8,11-12,16-18,24H,9-10,13-15H2,1-4H3,(H,29,30,31). The molecule has 2 aromatic heterocycles. The van der Waals surface area contributed by atoms with E-state index in [0.717, 1.165) is 39.8 Å². The number of nitrogens with zero attached hydrogens (tertiary/aromatic N) is 6. The molecule has 4 heterocycles. The van der Waals surface area contributed by atoms with Crippen LogP contribution in [0.3, 0.4) is 0 Å². The van der Waals surface area contributed by atoms with E-state index in [1.165, 1.54) is 0 Å². The summed E-state index contributed by atoms with van der Waals surface area (Å²) in [4.78, 5) is 44.7. The molecular weight excluding hydrogens is 454 g/mol. The summed E-state index contributed by atoms with van der Waals surface area (Å²) in [6, 6.07) is 10.0. The third-order valence-electron chi connectivity index (χ3n) is 7.23. The Labute approximate surface area is 211 Å². The number of para-hydroxylation sites is 1. The molecule has 36 heavy (non-hydrogen) atoms. The molecule has 0 spiro atoms. The molecule has 188 valence electrons. The fourth-order valence-corrected chi connectivity index (χ4v) is 5.19. The number of hydrogen-bond acceptors (Lipinski definition) is 8. The number of benzene rings is 1. The van der Waals surface area contributed by atoms with Crippen LogP contribution in [0.1, 0.15) is 50.6 Å². The molecule has 0 radical (unpaired) electrons. The number of amides is 1. The second-order valence-electron chi connectivity index (χ2n) is 9.98. The number of carbonyl (C=O) groups is 2. The Bertz CT molecular complexity index is 1290. The van der Waals surface area contributed by atoms with Gasteiger partial charge in [0.1, 0.15) is 18.1 Å². The lowest BCUT2D eigenvalue weighted by molar-refractivity contribution is -0.129. The number of fused-ring (bicyclic) bond motifs is 2. The van der Waals surface area contributed by atoms with Crippen LogP contribution in [0.15, 0.2) is 36.5 Å². The van der Waals surface area contributed by atoms with E-state index in [0.29, 0.717) is 38.7 Å². The zero-order valence-electron chi connectivity index (χ0n) is 21.3. The molecule has 1 saturated heterocycles. The first-order chi connectivity index (χ1) is 17.4. The van der Waals surface area contributed by atoms with Gasteiger partial charge < -0.3 is 19.9 Å². The summed E-state index contributed by atoms with van der Waals surface area (Å²) in [6.45, 7) is 10.9. The molecule has 1 fully saturated rings. The van der Waals surface area contributed by atoms with Crippen molar-refractivity contribution in [2.75, 3.05) is 29.9 Å². The van der Waals surface area contributed by atoms with E-state index in [1.807, 2.05) is 29.3 Å². The molecule has 0 aliphatic carbocycles. The number of hydrogen-bond donors (Lipinski definition) is 1. The predicted molar refractivity (Wildman–Crippen MR) is 140 cm³/mol. The zero-order valence-corrected chi connectivity index (χ0v) is 21.3. The average Bonchev–Trinajstić information content (AvgIpc) is 3.26. The fourth-order valence-electron chi connectivity index (χ4n) is 5.19. The monoisotopic (exact) mass is 487 g/mol. The van der Waals surface area contributed by atoms with Gasteiger partial charge in [-0.05, 0) is 38.5 Å². The van der Waals surface area contributed by atoms with Crippen LogP contribution in [0, 0.1) is 0 Å². The summed E-state index contributed by atoms with van der Waals surface area (Å²) in [6.07, 6.45) is 2.87. The lowest BCUT2D eigenvalue weighted by Gasteiger charge is -2.39. The summed E-state index contributed by atoms with van der Waals surface area (Å²) in [5.74, 6) is 1.43. The summed E-state index contributed by atoms with van der Waals surface area (Å²) in [5, 5.41) is 4.62. The molecule has 2 unspecified atom stereocenters. The first kappa shape index (κ1) is 24.1. The third-order valence-corrected chi connectivity index (χ3v) is 7.23. The van der Waals surface area contributed by atoms with Crippen LogP contribution < -0.4 is 10.2 Å². The van der Waals surface area contributed by atoms with E-state index in [-0.39, 0.29) is 18.0 Å². The topological polar surface area (TPSA) is 94.6 Å². The van der Waals surface area contributed by atoms with Gasteiger partial charge in [0.05, 0.1) is 11.2 Å². The fraction of sp³-hybridized carbons (Fsp3) is 0.444. The van der Waals surface area contributed by atoms with Gasteiger partial charge in [0.25, 0.3) is 0 Å². The maximum Gasteiger partial charge on any atom is 0.227 e. The lowest BCUT2D eigenvalue weighted by atomic mass is 10.1. The molecule has 5 rings (SSSR count). The minimum atomic E-state index is -0.404. The number of aldehydes is 1. The normalized spacial score (nSPS) is 20.1. The Hall–Kier alpha value is -3.59. The minimum absolute atomic E-state index is 0.0653. The molecular formula is C27H33N7O2.